The number of hydrogen-bond donors (Lipinski definition) is 2. The molecular weight excluding hydrogens is 322 g/mol. The molecule has 7 nitrogen and oxygen atoms in total. The molecule has 2 N–H and O–H groups in total. The highest BCUT2D eigenvalue weighted by Crippen LogP contribution is 2.24. The average Bonchev–Trinajstić information content (AvgIpc) is 2.89. The number of para-hydroxylation sites is 1. The number of hydrogen-bond acceptors (Lipinski definition) is 4. The molecule has 0 aromatic heterocycles. The van der Waals surface area contributed by atoms with Crippen LogP contribution in [-0.4, -0.2) is 36.9 Å². The summed E-state index contributed by atoms with van der Waals surface area (Å²) in [4.78, 5) is 37.2. The molecule has 1 aliphatic rings. The van der Waals surface area contributed by atoms with Crippen LogP contribution < -0.4 is 15.4 Å². The molecule has 1 atom stereocenters. The maximum absolute atomic E-state index is 12.5. The van der Waals surface area contributed by atoms with E-state index in [0.717, 1.165) is 4.90 Å². The molecule has 0 spiro atoms. The number of nitrogens with one attached hydrogen (secondary N) is 2. The zero-order valence-corrected chi connectivity index (χ0v) is 13.8. The molecular formula is C18H17N3O4. The first-order valence-corrected chi connectivity index (χ1v) is 7.63. The Bertz CT molecular complexity index is 850. The second-order valence-electron chi connectivity index (χ2n) is 5.56. The summed E-state index contributed by atoms with van der Waals surface area (Å²) in [5.41, 5.74) is 1.52. The molecule has 128 valence electrons. The fraction of sp³-hybridized carbons (Fsp3) is 0.167. The fourth-order valence-corrected chi connectivity index (χ4v) is 2.63. The number of amides is 4. The van der Waals surface area contributed by atoms with Crippen molar-refractivity contribution in [1.29, 1.82) is 0 Å². The van der Waals surface area contributed by atoms with E-state index in [1.807, 2.05) is 0 Å². The number of anilines is 1. The smallest absolute Gasteiger partial charge is 0.324 e. The Morgan fingerprint density at radius 1 is 1.16 bits per heavy atom. The molecule has 0 aliphatic carbocycles. The van der Waals surface area contributed by atoms with Crippen LogP contribution in [0.5, 0.6) is 5.75 Å². The van der Waals surface area contributed by atoms with Gasteiger partial charge in [-0.25, -0.2) is 4.79 Å². The van der Waals surface area contributed by atoms with Gasteiger partial charge in [0.1, 0.15) is 11.8 Å². The van der Waals surface area contributed by atoms with E-state index in [4.69, 9.17) is 4.74 Å². The Labute approximate surface area is 144 Å². The fourth-order valence-electron chi connectivity index (χ4n) is 2.63. The van der Waals surface area contributed by atoms with Crippen LogP contribution in [0.15, 0.2) is 48.5 Å². The maximum atomic E-state index is 12.5. The summed E-state index contributed by atoms with van der Waals surface area (Å²) in [6.45, 7) is 0. The molecule has 7 heteroatoms. The lowest BCUT2D eigenvalue weighted by molar-refractivity contribution is -0.126. The summed E-state index contributed by atoms with van der Waals surface area (Å²) < 4.78 is 5.19. The Balaban J connectivity index is 1.82. The zero-order chi connectivity index (χ0) is 18.0. The van der Waals surface area contributed by atoms with Gasteiger partial charge in [-0.3, -0.25) is 14.5 Å². The Hall–Kier alpha value is -3.35. The van der Waals surface area contributed by atoms with Gasteiger partial charge in [-0.2, -0.15) is 0 Å². The number of imide groups is 1. The van der Waals surface area contributed by atoms with Gasteiger partial charge >= 0.3 is 6.03 Å². The van der Waals surface area contributed by atoms with E-state index < -0.39 is 12.1 Å². The number of methoxy groups -OCH3 is 1. The number of nitrogens with zero attached hydrogens (tertiary/aromatic N) is 1. The van der Waals surface area contributed by atoms with Gasteiger partial charge in [-0.1, -0.05) is 24.3 Å². The normalized spacial score (nSPS) is 16.6. The van der Waals surface area contributed by atoms with Crippen molar-refractivity contribution in [2.75, 3.05) is 19.5 Å². The summed E-state index contributed by atoms with van der Waals surface area (Å²) in [6, 6.07) is 12.5. The van der Waals surface area contributed by atoms with E-state index in [2.05, 4.69) is 10.6 Å². The molecule has 2 aromatic carbocycles. The number of likely N-dealkylation sites (N-methyl/N-ethyl adjacent to an activating group) is 1. The van der Waals surface area contributed by atoms with Gasteiger partial charge in [-0.15, -0.1) is 0 Å². The predicted molar refractivity (Wildman–Crippen MR) is 91.4 cm³/mol. The molecule has 0 saturated carbocycles. The molecule has 3 rings (SSSR count). The van der Waals surface area contributed by atoms with E-state index in [1.54, 1.807) is 48.5 Å². The predicted octanol–water partition coefficient (Wildman–Crippen LogP) is 2.17. The van der Waals surface area contributed by atoms with Crippen LogP contribution in [0, 0.1) is 0 Å². The van der Waals surface area contributed by atoms with Crippen LogP contribution in [0.3, 0.4) is 0 Å². The SMILES string of the molecule is COc1ccccc1C(=O)Nc1cccc(C2NC(=O)N(C)C2=O)c1. The highest BCUT2D eigenvalue weighted by molar-refractivity contribution is 6.07. The standard InChI is InChI=1S/C18H17N3O4/c1-21-17(23)15(20-18(21)24)11-6-5-7-12(10-11)19-16(22)13-8-3-4-9-14(13)25-2/h3-10,15H,1-2H3,(H,19,22)(H,20,24). The molecule has 1 heterocycles. The van der Waals surface area contributed by atoms with Gasteiger partial charge < -0.3 is 15.4 Å². The monoisotopic (exact) mass is 339 g/mol. The van der Waals surface area contributed by atoms with Crippen molar-refractivity contribution >= 4 is 23.5 Å². The number of rotatable bonds is 4. The summed E-state index contributed by atoms with van der Waals surface area (Å²) >= 11 is 0. The molecule has 1 saturated heterocycles. The Morgan fingerprint density at radius 3 is 2.60 bits per heavy atom. The van der Waals surface area contributed by atoms with E-state index in [-0.39, 0.29) is 11.8 Å². The van der Waals surface area contributed by atoms with E-state index in [0.29, 0.717) is 22.6 Å². The van der Waals surface area contributed by atoms with Crippen molar-refractivity contribution in [3.8, 4) is 5.75 Å². The minimum absolute atomic E-state index is 0.325. The van der Waals surface area contributed by atoms with Crippen LogP contribution in [0.2, 0.25) is 0 Å². The number of carbonyl (C=O) groups is 3. The molecule has 25 heavy (non-hydrogen) atoms. The zero-order valence-electron chi connectivity index (χ0n) is 13.8. The average molecular weight is 339 g/mol. The Kier molecular flexibility index (Phi) is 4.38. The number of benzene rings is 2. The summed E-state index contributed by atoms with van der Waals surface area (Å²) in [6.07, 6.45) is 0. The van der Waals surface area contributed by atoms with Crippen molar-refractivity contribution in [3.63, 3.8) is 0 Å². The number of carbonyl (C=O) groups excluding carboxylic acids is 3. The van der Waals surface area contributed by atoms with Crippen LogP contribution in [0.1, 0.15) is 22.0 Å². The van der Waals surface area contributed by atoms with Crippen molar-refractivity contribution in [2.24, 2.45) is 0 Å². The quantitative estimate of drug-likeness (QED) is 0.836. The summed E-state index contributed by atoms with van der Waals surface area (Å²) in [5.74, 6) is -0.192. The first-order chi connectivity index (χ1) is 12.0. The third-order valence-electron chi connectivity index (χ3n) is 3.98. The van der Waals surface area contributed by atoms with Crippen molar-refractivity contribution in [3.05, 3.63) is 59.7 Å². The van der Waals surface area contributed by atoms with Crippen molar-refractivity contribution < 1.29 is 19.1 Å². The lowest BCUT2D eigenvalue weighted by Gasteiger charge is -2.12. The Morgan fingerprint density at radius 2 is 1.92 bits per heavy atom. The summed E-state index contributed by atoms with van der Waals surface area (Å²) in [5, 5.41) is 5.38. The third kappa shape index (κ3) is 3.16. The largest absolute Gasteiger partial charge is 0.496 e. The molecule has 2 aromatic rings. The maximum Gasteiger partial charge on any atom is 0.324 e. The minimum Gasteiger partial charge on any atom is -0.496 e. The summed E-state index contributed by atoms with van der Waals surface area (Å²) in [7, 11) is 2.92. The second-order valence-corrected chi connectivity index (χ2v) is 5.56. The molecule has 1 unspecified atom stereocenters. The van der Waals surface area contributed by atoms with Crippen LogP contribution >= 0.6 is 0 Å². The lowest BCUT2D eigenvalue weighted by atomic mass is 10.1. The van der Waals surface area contributed by atoms with Crippen LogP contribution in [0.4, 0.5) is 10.5 Å². The van der Waals surface area contributed by atoms with Crippen LogP contribution in [-0.2, 0) is 4.79 Å². The number of urea groups is 1. The van der Waals surface area contributed by atoms with Gasteiger partial charge in [0, 0.05) is 12.7 Å². The van der Waals surface area contributed by atoms with E-state index >= 15 is 0 Å². The third-order valence-corrected chi connectivity index (χ3v) is 3.98. The van der Waals surface area contributed by atoms with Crippen molar-refractivity contribution in [2.45, 2.75) is 6.04 Å². The van der Waals surface area contributed by atoms with Crippen LogP contribution in [0.25, 0.3) is 0 Å². The van der Waals surface area contributed by atoms with Gasteiger partial charge in [0.25, 0.3) is 11.8 Å². The lowest BCUT2D eigenvalue weighted by Crippen LogP contribution is -2.25. The van der Waals surface area contributed by atoms with Gasteiger partial charge in [0.15, 0.2) is 0 Å². The molecule has 0 bridgehead atoms. The topological polar surface area (TPSA) is 87.7 Å². The van der Waals surface area contributed by atoms with E-state index in [1.165, 1.54) is 14.2 Å². The minimum atomic E-state index is -0.749. The molecule has 0 radical (unpaired) electrons. The van der Waals surface area contributed by atoms with Gasteiger partial charge in [0.05, 0.1) is 12.7 Å². The highest BCUT2D eigenvalue weighted by atomic mass is 16.5. The van der Waals surface area contributed by atoms with Crippen molar-refractivity contribution in [1.82, 2.24) is 10.2 Å². The number of ether oxygens (including phenoxy) is 1. The second kappa shape index (κ2) is 6.64. The first-order valence-electron chi connectivity index (χ1n) is 7.63. The van der Waals surface area contributed by atoms with Gasteiger partial charge in [-0.05, 0) is 29.8 Å². The molecule has 1 fully saturated rings. The molecule has 4 amide bonds. The molecule has 1 aliphatic heterocycles. The highest BCUT2D eigenvalue weighted by Gasteiger charge is 2.36. The van der Waals surface area contributed by atoms with Gasteiger partial charge in [0.2, 0.25) is 0 Å². The van der Waals surface area contributed by atoms with E-state index in [9.17, 15) is 14.4 Å². The first kappa shape index (κ1) is 16.5.